The van der Waals surface area contributed by atoms with Gasteiger partial charge in [0.05, 0.1) is 5.39 Å². The first-order chi connectivity index (χ1) is 8.61. The zero-order chi connectivity index (χ0) is 12.9. The van der Waals surface area contributed by atoms with Crippen molar-refractivity contribution in [3.05, 3.63) is 32.9 Å². The highest BCUT2D eigenvalue weighted by atomic mass is 32.1. The summed E-state index contributed by atoms with van der Waals surface area (Å²) < 4.78 is 1.27. The summed E-state index contributed by atoms with van der Waals surface area (Å²) in [6.07, 6.45) is 0. The maximum Gasteiger partial charge on any atom is 0.283 e. The number of hydrogen-bond donors (Lipinski definition) is 2. The number of aromatic nitrogens is 3. The number of nitrogens with zero attached hydrogens (tertiary/aromatic N) is 3. The molecule has 0 aliphatic heterocycles. The summed E-state index contributed by atoms with van der Waals surface area (Å²) in [4.78, 5) is 18.7. The molecule has 3 heterocycles. The Morgan fingerprint density at radius 1 is 1.39 bits per heavy atom. The van der Waals surface area contributed by atoms with Gasteiger partial charge in [0.25, 0.3) is 5.56 Å². The summed E-state index contributed by atoms with van der Waals surface area (Å²) in [5, 5.41) is 4.74. The van der Waals surface area contributed by atoms with Crippen LogP contribution in [-0.2, 0) is 0 Å². The van der Waals surface area contributed by atoms with E-state index in [2.05, 4.69) is 15.5 Å². The molecule has 3 N–H and O–H groups in total. The van der Waals surface area contributed by atoms with Gasteiger partial charge in [-0.15, -0.1) is 16.4 Å². The van der Waals surface area contributed by atoms with Crippen LogP contribution in [0.25, 0.3) is 15.9 Å². The molecule has 0 fully saturated rings. The monoisotopic (exact) mass is 261 g/mol. The third-order valence-corrected chi connectivity index (χ3v) is 4.05. The molecule has 18 heavy (non-hydrogen) atoms. The molecule has 0 radical (unpaired) electrons. The molecule has 7 heteroatoms. The van der Waals surface area contributed by atoms with Gasteiger partial charge >= 0.3 is 0 Å². The Kier molecular flexibility index (Phi) is 2.32. The molecule has 0 aliphatic rings. The number of nitrogens with two attached hydrogens (primary N) is 1. The first-order valence-corrected chi connectivity index (χ1v) is 6.20. The fraction of sp³-hybridized carbons (Fsp3) is 0.182. The minimum atomic E-state index is -0.158. The Bertz CT molecular complexity index is 820. The van der Waals surface area contributed by atoms with Crippen molar-refractivity contribution in [3.8, 4) is 0 Å². The lowest BCUT2D eigenvalue weighted by Crippen LogP contribution is -2.20. The molecule has 0 aromatic carbocycles. The molecule has 0 aliphatic carbocycles. The molecule has 92 valence electrons. The van der Waals surface area contributed by atoms with Gasteiger partial charge < -0.3 is 5.43 Å². The van der Waals surface area contributed by atoms with Gasteiger partial charge in [0.2, 0.25) is 0 Å². The first-order valence-electron chi connectivity index (χ1n) is 5.38. The van der Waals surface area contributed by atoms with Crippen molar-refractivity contribution in [1.82, 2.24) is 14.6 Å². The van der Waals surface area contributed by atoms with Crippen molar-refractivity contribution in [2.75, 3.05) is 5.43 Å². The lowest BCUT2D eigenvalue weighted by Gasteiger charge is -2.02. The Balaban J connectivity index is 2.53. The number of fused-ring (bicyclic) bond motifs is 2. The van der Waals surface area contributed by atoms with Gasteiger partial charge in [-0.2, -0.15) is 4.52 Å². The molecule has 0 saturated carbocycles. The smallest absolute Gasteiger partial charge is 0.283 e. The Hall–Kier alpha value is -1.99. The van der Waals surface area contributed by atoms with E-state index in [1.54, 1.807) is 12.1 Å². The van der Waals surface area contributed by atoms with Crippen LogP contribution in [-0.4, -0.2) is 14.6 Å². The quantitative estimate of drug-likeness (QED) is 0.508. The Morgan fingerprint density at radius 3 is 2.89 bits per heavy atom. The number of hydrogen-bond acceptors (Lipinski definition) is 6. The van der Waals surface area contributed by atoms with Crippen molar-refractivity contribution in [3.63, 3.8) is 0 Å². The highest BCUT2D eigenvalue weighted by Crippen LogP contribution is 2.26. The summed E-state index contributed by atoms with van der Waals surface area (Å²) in [6.45, 7) is 3.91. The van der Waals surface area contributed by atoms with Gasteiger partial charge in [-0.3, -0.25) is 4.79 Å². The molecule has 3 aromatic rings. The molecular formula is C11H11N5OS. The normalized spacial score (nSPS) is 11.3. The largest absolute Gasteiger partial charge is 0.307 e. The number of nitrogen functional groups attached to an aromatic ring is 1. The van der Waals surface area contributed by atoms with Gasteiger partial charge in [0.1, 0.15) is 4.83 Å². The molecule has 0 bridgehead atoms. The lowest BCUT2D eigenvalue weighted by atomic mass is 10.2. The van der Waals surface area contributed by atoms with E-state index in [0.717, 1.165) is 15.3 Å². The van der Waals surface area contributed by atoms with Gasteiger partial charge in [-0.1, -0.05) is 0 Å². The molecule has 0 amide bonds. The molecule has 0 unspecified atom stereocenters. The lowest BCUT2D eigenvalue weighted by molar-refractivity contribution is 0.882. The summed E-state index contributed by atoms with van der Waals surface area (Å²) in [5.41, 5.74) is 3.75. The topological polar surface area (TPSA) is 85.3 Å². The van der Waals surface area contributed by atoms with Gasteiger partial charge in [0.15, 0.2) is 11.5 Å². The van der Waals surface area contributed by atoms with Crippen LogP contribution in [0.5, 0.6) is 0 Å². The first kappa shape index (κ1) is 11.1. The zero-order valence-corrected chi connectivity index (χ0v) is 10.7. The minimum absolute atomic E-state index is 0.158. The molecular weight excluding hydrogens is 250 g/mol. The van der Waals surface area contributed by atoms with E-state index in [0.29, 0.717) is 16.9 Å². The van der Waals surface area contributed by atoms with Crippen molar-refractivity contribution in [2.24, 2.45) is 5.84 Å². The van der Waals surface area contributed by atoms with Crippen LogP contribution >= 0.6 is 11.3 Å². The summed E-state index contributed by atoms with van der Waals surface area (Å²) in [7, 11) is 0. The molecule has 0 spiro atoms. The minimum Gasteiger partial charge on any atom is -0.307 e. The van der Waals surface area contributed by atoms with Gasteiger partial charge in [-0.05, 0) is 31.5 Å². The van der Waals surface area contributed by atoms with E-state index in [-0.39, 0.29) is 5.56 Å². The average molecular weight is 261 g/mol. The third-order valence-electron chi connectivity index (χ3n) is 2.95. The Morgan fingerprint density at radius 2 is 2.17 bits per heavy atom. The second kappa shape index (κ2) is 3.76. The number of aryl methyl sites for hydroxylation is 2. The Labute approximate surface area is 106 Å². The number of thiophene rings is 1. The molecule has 0 atom stereocenters. The van der Waals surface area contributed by atoms with Crippen LogP contribution in [0.4, 0.5) is 5.82 Å². The number of nitrogens with one attached hydrogen (secondary N) is 1. The average Bonchev–Trinajstić information content (AvgIpc) is 2.65. The SMILES string of the molecule is Cc1sc2nc3ccc(NN)nn3c(=O)c2c1C. The third kappa shape index (κ3) is 1.41. The van der Waals surface area contributed by atoms with E-state index < -0.39 is 0 Å². The van der Waals surface area contributed by atoms with Crippen molar-refractivity contribution >= 4 is 33.0 Å². The highest BCUT2D eigenvalue weighted by molar-refractivity contribution is 7.18. The van der Waals surface area contributed by atoms with E-state index in [9.17, 15) is 4.79 Å². The van der Waals surface area contributed by atoms with E-state index in [1.165, 1.54) is 15.9 Å². The molecule has 3 rings (SSSR count). The van der Waals surface area contributed by atoms with Crippen molar-refractivity contribution in [1.29, 1.82) is 0 Å². The summed E-state index contributed by atoms with van der Waals surface area (Å²) in [6, 6.07) is 3.40. The van der Waals surface area contributed by atoms with Crippen molar-refractivity contribution in [2.45, 2.75) is 13.8 Å². The second-order valence-electron chi connectivity index (χ2n) is 4.01. The predicted molar refractivity (Wildman–Crippen MR) is 71.9 cm³/mol. The van der Waals surface area contributed by atoms with E-state index in [1.807, 2.05) is 13.8 Å². The molecule has 0 saturated heterocycles. The fourth-order valence-corrected chi connectivity index (χ4v) is 2.90. The van der Waals surface area contributed by atoms with Crippen LogP contribution < -0.4 is 16.8 Å². The van der Waals surface area contributed by atoms with E-state index in [4.69, 9.17) is 5.84 Å². The van der Waals surface area contributed by atoms with Gasteiger partial charge in [-0.25, -0.2) is 10.8 Å². The number of hydrazine groups is 1. The number of anilines is 1. The zero-order valence-electron chi connectivity index (χ0n) is 9.89. The predicted octanol–water partition coefficient (Wildman–Crippen LogP) is 1.21. The van der Waals surface area contributed by atoms with Gasteiger partial charge in [0, 0.05) is 4.88 Å². The maximum absolute atomic E-state index is 12.4. The summed E-state index contributed by atoms with van der Waals surface area (Å²) >= 11 is 1.53. The molecule has 6 nitrogen and oxygen atoms in total. The second-order valence-corrected chi connectivity index (χ2v) is 5.22. The van der Waals surface area contributed by atoms with E-state index >= 15 is 0 Å². The van der Waals surface area contributed by atoms with Crippen LogP contribution in [0.15, 0.2) is 16.9 Å². The van der Waals surface area contributed by atoms with Crippen molar-refractivity contribution < 1.29 is 0 Å². The van der Waals surface area contributed by atoms with Crippen LogP contribution in [0.1, 0.15) is 10.4 Å². The standard InChI is InChI=1S/C11H11N5OS/c1-5-6(2)18-10-9(5)11(17)16-8(13-10)4-3-7(14-12)15-16/h3-4H,12H2,1-2H3,(H,14,15). The fourth-order valence-electron chi connectivity index (χ4n) is 1.88. The summed E-state index contributed by atoms with van der Waals surface area (Å²) in [5.74, 6) is 5.72. The molecule has 3 aromatic heterocycles. The maximum atomic E-state index is 12.4. The van der Waals surface area contributed by atoms with Crippen LogP contribution in [0, 0.1) is 13.8 Å². The van der Waals surface area contributed by atoms with Crippen LogP contribution in [0.3, 0.4) is 0 Å². The number of rotatable bonds is 1. The highest BCUT2D eigenvalue weighted by Gasteiger charge is 2.13. The van der Waals surface area contributed by atoms with Crippen LogP contribution in [0.2, 0.25) is 0 Å².